The lowest BCUT2D eigenvalue weighted by Gasteiger charge is -2.31. The zero-order chi connectivity index (χ0) is 15.4. The molecule has 3 heteroatoms. The lowest BCUT2D eigenvalue weighted by molar-refractivity contribution is -0.145. The van der Waals surface area contributed by atoms with Crippen LogP contribution in [-0.2, 0) is 22.7 Å². The minimum atomic E-state index is -0.125. The number of carbonyl (C=O) groups is 2. The van der Waals surface area contributed by atoms with Gasteiger partial charge in [0, 0.05) is 25.9 Å². The quantitative estimate of drug-likeness (QED) is 0.849. The van der Waals surface area contributed by atoms with Crippen molar-refractivity contribution in [2.75, 3.05) is 0 Å². The molecule has 22 heavy (non-hydrogen) atoms. The maximum Gasteiger partial charge on any atom is 0.227 e. The van der Waals surface area contributed by atoms with E-state index in [9.17, 15) is 9.59 Å². The van der Waals surface area contributed by atoms with Crippen LogP contribution in [0.5, 0.6) is 0 Å². The summed E-state index contributed by atoms with van der Waals surface area (Å²) in [4.78, 5) is 25.7. The van der Waals surface area contributed by atoms with Gasteiger partial charge in [0.25, 0.3) is 0 Å². The topological polar surface area (TPSA) is 37.4 Å². The van der Waals surface area contributed by atoms with Crippen molar-refractivity contribution in [2.45, 2.75) is 25.9 Å². The number of carbonyl (C=O) groups excluding carboxylic acids is 2. The zero-order valence-corrected chi connectivity index (χ0v) is 12.4. The molecule has 2 aromatic carbocycles. The summed E-state index contributed by atoms with van der Waals surface area (Å²) in [6, 6.07) is 20.0. The van der Waals surface area contributed by atoms with E-state index >= 15 is 0 Å². The maximum absolute atomic E-state index is 12.7. The van der Waals surface area contributed by atoms with E-state index in [4.69, 9.17) is 0 Å². The van der Waals surface area contributed by atoms with Gasteiger partial charge in [0.15, 0.2) is 0 Å². The molecule has 0 aliphatic heterocycles. The molecule has 1 amide bonds. The Labute approximate surface area is 130 Å². The standard InChI is InChI=1S/C19H19NO2/c21-18-11-17(12-18)19(22)20(13-15-7-3-1-4-8-15)14-16-9-5-2-6-10-16/h1-10,17H,11-14H2. The molecule has 0 aromatic heterocycles. The van der Waals surface area contributed by atoms with Crippen LogP contribution in [0.2, 0.25) is 0 Å². The van der Waals surface area contributed by atoms with Crippen molar-refractivity contribution >= 4 is 11.7 Å². The average molecular weight is 293 g/mol. The number of hydrogen-bond donors (Lipinski definition) is 0. The van der Waals surface area contributed by atoms with Gasteiger partial charge in [-0.25, -0.2) is 0 Å². The van der Waals surface area contributed by atoms with Crippen LogP contribution in [0.3, 0.4) is 0 Å². The van der Waals surface area contributed by atoms with Crippen LogP contribution in [-0.4, -0.2) is 16.6 Å². The molecule has 112 valence electrons. The largest absolute Gasteiger partial charge is 0.334 e. The molecule has 2 aromatic rings. The summed E-state index contributed by atoms with van der Waals surface area (Å²) >= 11 is 0. The van der Waals surface area contributed by atoms with Crippen LogP contribution in [0.1, 0.15) is 24.0 Å². The lowest BCUT2D eigenvalue weighted by Crippen LogP contribution is -2.41. The third-order valence-corrected chi connectivity index (χ3v) is 4.04. The van der Waals surface area contributed by atoms with Crippen molar-refractivity contribution in [1.29, 1.82) is 0 Å². The number of amides is 1. The van der Waals surface area contributed by atoms with E-state index in [1.165, 1.54) is 0 Å². The Kier molecular flexibility index (Phi) is 4.33. The smallest absolute Gasteiger partial charge is 0.227 e. The molecule has 3 rings (SSSR count). The second-order valence-corrected chi connectivity index (χ2v) is 5.81. The van der Waals surface area contributed by atoms with Gasteiger partial charge in [-0.3, -0.25) is 9.59 Å². The Bertz CT molecular complexity index is 602. The minimum absolute atomic E-state index is 0.0901. The van der Waals surface area contributed by atoms with E-state index in [2.05, 4.69) is 0 Å². The normalized spacial score (nSPS) is 14.5. The Morgan fingerprint density at radius 3 is 1.73 bits per heavy atom. The highest BCUT2D eigenvalue weighted by molar-refractivity contribution is 5.96. The van der Waals surface area contributed by atoms with Gasteiger partial charge in [-0.2, -0.15) is 0 Å². The van der Waals surface area contributed by atoms with Crippen LogP contribution in [0.4, 0.5) is 0 Å². The third-order valence-electron chi connectivity index (χ3n) is 4.04. The number of nitrogens with zero attached hydrogens (tertiary/aromatic N) is 1. The third kappa shape index (κ3) is 3.42. The van der Waals surface area contributed by atoms with Crippen molar-refractivity contribution in [2.24, 2.45) is 5.92 Å². The second kappa shape index (κ2) is 6.56. The minimum Gasteiger partial charge on any atom is -0.334 e. The molecule has 0 saturated heterocycles. The summed E-state index contributed by atoms with van der Waals surface area (Å²) in [5.74, 6) is 0.157. The maximum atomic E-state index is 12.7. The van der Waals surface area contributed by atoms with Crippen LogP contribution in [0, 0.1) is 5.92 Å². The molecule has 1 aliphatic rings. The summed E-state index contributed by atoms with van der Waals surface area (Å²) in [5, 5.41) is 0. The summed E-state index contributed by atoms with van der Waals surface area (Å²) in [6.07, 6.45) is 0.803. The van der Waals surface area contributed by atoms with E-state index in [1.807, 2.05) is 65.6 Å². The molecule has 1 saturated carbocycles. The molecule has 0 N–H and O–H groups in total. The van der Waals surface area contributed by atoms with Crippen molar-refractivity contribution in [3.63, 3.8) is 0 Å². The summed E-state index contributed by atoms with van der Waals surface area (Å²) in [7, 11) is 0. The Morgan fingerprint density at radius 2 is 1.32 bits per heavy atom. The first-order chi connectivity index (χ1) is 10.7. The van der Waals surface area contributed by atoms with Crippen LogP contribution >= 0.6 is 0 Å². The number of ketones is 1. The molecule has 1 fully saturated rings. The summed E-state index contributed by atoms with van der Waals surface area (Å²) in [5.41, 5.74) is 2.22. The van der Waals surface area contributed by atoms with Crippen LogP contribution < -0.4 is 0 Å². The SMILES string of the molecule is O=C1CC(C(=O)N(Cc2ccccc2)Cc2ccccc2)C1. The number of benzene rings is 2. The number of rotatable bonds is 5. The van der Waals surface area contributed by atoms with Gasteiger partial charge in [0.2, 0.25) is 5.91 Å². The first-order valence-electron chi connectivity index (χ1n) is 7.61. The monoisotopic (exact) mass is 293 g/mol. The van der Waals surface area contributed by atoms with E-state index in [1.54, 1.807) is 0 Å². The van der Waals surface area contributed by atoms with Crippen LogP contribution in [0.25, 0.3) is 0 Å². The molecular weight excluding hydrogens is 274 g/mol. The van der Waals surface area contributed by atoms with E-state index in [-0.39, 0.29) is 17.6 Å². The van der Waals surface area contributed by atoms with Gasteiger partial charge in [-0.15, -0.1) is 0 Å². The molecule has 0 radical (unpaired) electrons. The Morgan fingerprint density at radius 1 is 0.864 bits per heavy atom. The van der Waals surface area contributed by atoms with Gasteiger partial charge in [0.05, 0.1) is 5.92 Å². The Hall–Kier alpha value is -2.42. The van der Waals surface area contributed by atoms with E-state index in [0.717, 1.165) is 11.1 Å². The number of hydrogen-bond acceptors (Lipinski definition) is 2. The second-order valence-electron chi connectivity index (χ2n) is 5.81. The highest BCUT2D eigenvalue weighted by Gasteiger charge is 2.35. The summed E-state index contributed by atoms with van der Waals surface area (Å²) < 4.78 is 0. The zero-order valence-electron chi connectivity index (χ0n) is 12.4. The van der Waals surface area contributed by atoms with Crippen molar-refractivity contribution < 1.29 is 9.59 Å². The lowest BCUT2D eigenvalue weighted by atomic mass is 9.83. The molecule has 3 nitrogen and oxygen atoms in total. The molecule has 1 aliphatic carbocycles. The van der Waals surface area contributed by atoms with Gasteiger partial charge in [-0.05, 0) is 11.1 Å². The fourth-order valence-electron chi connectivity index (χ4n) is 2.74. The Balaban J connectivity index is 1.75. The van der Waals surface area contributed by atoms with E-state index < -0.39 is 0 Å². The van der Waals surface area contributed by atoms with E-state index in [0.29, 0.717) is 25.9 Å². The molecular formula is C19H19NO2. The van der Waals surface area contributed by atoms with Gasteiger partial charge in [-0.1, -0.05) is 60.7 Å². The summed E-state index contributed by atoms with van der Waals surface area (Å²) in [6.45, 7) is 1.17. The van der Waals surface area contributed by atoms with Gasteiger partial charge in [0.1, 0.15) is 5.78 Å². The van der Waals surface area contributed by atoms with Gasteiger partial charge >= 0.3 is 0 Å². The van der Waals surface area contributed by atoms with Crippen molar-refractivity contribution in [1.82, 2.24) is 4.90 Å². The molecule has 0 atom stereocenters. The highest BCUT2D eigenvalue weighted by atomic mass is 16.2. The first kappa shape index (κ1) is 14.5. The van der Waals surface area contributed by atoms with Crippen molar-refractivity contribution in [3.8, 4) is 0 Å². The predicted molar refractivity (Wildman–Crippen MR) is 84.9 cm³/mol. The van der Waals surface area contributed by atoms with Crippen LogP contribution in [0.15, 0.2) is 60.7 Å². The highest BCUT2D eigenvalue weighted by Crippen LogP contribution is 2.26. The molecule has 0 unspecified atom stereocenters. The molecule has 0 bridgehead atoms. The van der Waals surface area contributed by atoms with Gasteiger partial charge < -0.3 is 4.90 Å². The molecule has 0 heterocycles. The number of Topliss-reactive ketones (excluding diaryl/α,β-unsaturated/α-hetero) is 1. The molecule has 0 spiro atoms. The predicted octanol–water partition coefficient (Wildman–Crippen LogP) is 3.19. The fraction of sp³-hybridized carbons (Fsp3) is 0.263. The fourth-order valence-corrected chi connectivity index (χ4v) is 2.74. The first-order valence-corrected chi connectivity index (χ1v) is 7.61. The average Bonchev–Trinajstić information content (AvgIpc) is 2.53. The van der Waals surface area contributed by atoms with Crippen molar-refractivity contribution in [3.05, 3.63) is 71.8 Å².